The van der Waals surface area contributed by atoms with Crippen LogP contribution < -0.4 is 0 Å². The van der Waals surface area contributed by atoms with Crippen molar-refractivity contribution in [1.29, 1.82) is 0 Å². The van der Waals surface area contributed by atoms with Crippen LogP contribution in [-0.2, 0) is 21.5 Å². The Bertz CT molecular complexity index is 1160. The van der Waals surface area contributed by atoms with E-state index >= 15 is 0 Å². The molecule has 2 aliphatic rings. The molecular formula is C26H27N5O2. The first kappa shape index (κ1) is 21.1. The van der Waals surface area contributed by atoms with E-state index in [0.29, 0.717) is 32.5 Å². The molecule has 1 aromatic heterocycles. The number of fused-ring (bicyclic) bond motifs is 1. The van der Waals surface area contributed by atoms with Crippen molar-refractivity contribution in [2.75, 3.05) is 13.1 Å². The van der Waals surface area contributed by atoms with Crippen molar-refractivity contribution >= 4 is 23.8 Å². The number of nitrogens with one attached hydrogen (secondary N) is 1. The SMILES string of the molecule is CC(=O)C1(c2ccccc2)CCN(C(=O)C(c2ccccc2)N2C=Nc3[nH]ncc3C2)CC1. The molecule has 1 fully saturated rings. The number of amides is 1. The van der Waals surface area contributed by atoms with Crippen LogP contribution >= 0.6 is 0 Å². The second-order valence-corrected chi connectivity index (χ2v) is 8.80. The molecule has 7 nitrogen and oxygen atoms in total. The maximum absolute atomic E-state index is 13.9. The molecule has 0 bridgehead atoms. The van der Waals surface area contributed by atoms with Crippen LogP contribution in [0.25, 0.3) is 0 Å². The number of likely N-dealkylation sites (tertiary alicyclic amines) is 1. The van der Waals surface area contributed by atoms with Gasteiger partial charge >= 0.3 is 0 Å². The number of carbonyl (C=O) groups excluding carboxylic acids is 2. The number of piperidine rings is 1. The molecule has 3 heterocycles. The van der Waals surface area contributed by atoms with E-state index in [0.717, 1.165) is 22.5 Å². The van der Waals surface area contributed by atoms with E-state index in [1.54, 1.807) is 19.5 Å². The Hall–Kier alpha value is -3.74. The summed E-state index contributed by atoms with van der Waals surface area (Å²) in [7, 11) is 0. The number of rotatable bonds is 5. The van der Waals surface area contributed by atoms with Gasteiger partial charge in [-0.25, -0.2) is 4.99 Å². The second kappa shape index (κ2) is 8.65. The third kappa shape index (κ3) is 3.84. The van der Waals surface area contributed by atoms with Crippen molar-refractivity contribution < 1.29 is 9.59 Å². The first-order chi connectivity index (χ1) is 16.1. The lowest BCUT2D eigenvalue weighted by Crippen LogP contribution is -2.51. The van der Waals surface area contributed by atoms with Gasteiger partial charge in [-0.05, 0) is 30.9 Å². The highest BCUT2D eigenvalue weighted by molar-refractivity contribution is 5.90. The molecule has 1 saturated heterocycles. The summed E-state index contributed by atoms with van der Waals surface area (Å²) in [5.41, 5.74) is 2.40. The summed E-state index contributed by atoms with van der Waals surface area (Å²) in [5.74, 6) is 0.929. The Labute approximate surface area is 193 Å². The number of carbonyl (C=O) groups is 2. The van der Waals surface area contributed by atoms with Crippen LogP contribution in [0.5, 0.6) is 0 Å². The smallest absolute Gasteiger partial charge is 0.249 e. The molecule has 0 saturated carbocycles. The first-order valence-corrected chi connectivity index (χ1v) is 11.3. The fourth-order valence-electron chi connectivity index (χ4n) is 5.05. The van der Waals surface area contributed by atoms with Gasteiger partial charge in [-0.15, -0.1) is 0 Å². The number of hydrogen-bond donors (Lipinski definition) is 1. The number of ketones is 1. The van der Waals surface area contributed by atoms with Gasteiger partial charge in [0.2, 0.25) is 5.91 Å². The molecule has 168 valence electrons. The Morgan fingerprint density at radius 1 is 1.00 bits per heavy atom. The van der Waals surface area contributed by atoms with Gasteiger partial charge in [0.15, 0.2) is 5.82 Å². The maximum Gasteiger partial charge on any atom is 0.249 e. The monoisotopic (exact) mass is 441 g/mol. The Kier molecular flexibility index (Phi) is 5.54. The summed E-state index contributed by atoms with van der Waals surface area (Å²) < 4.78 is 0. The van der Waals surface area contributed by atoms with E-state index < -0.39 is 11.5 Å². The van der Waals surface area contributed by atoms with Gasteiger partial charge in [0.05, 0.1) is 24.5 Å². The number of aromatic amines is 1. The molecule has 1 N–H and O–H groups in total. The lowest BCUT2D eigenvalue weighted by atomic mass is 9.70. The Morgan fingerprint density at radius 3 is 2.33 bits per heavy atom. The molecule has 5 rings (SSSR count). The number of aromatic nitrogens is 2. The third-order valence-corrected chi connectivity index (χ3v) is 6.99. The van der Waals surface area contributed by atoms with E-state index in [2.05, 4.69) is 15.2 Å². The summed E-state index contributed by atoms with van der Waals surface area (Å²) in [5, 5.41) is 6.96. The minimum absolute atomic E-state index is 0.0322. The van der Waals surface area contributed by atoms with Gasteiger partial charge in [0, 0.05) is 18.7 Å². The number of hydrogen-bond acceptors (Lipinski definition) is 5. The summed E-state index contributed by atoms with van der Waals surface area (Å²) in [6.45, 7) is 3.30. The zero-order valence-electron chi connectivity index (χ0n) is 18.6. The fourth-order valence-corrected chi connectivity index (χ4v) is 5.05. The van der Waals surface area contributed by atoms with Gasteiger partial charge in [0.25, 0.3) is 0 Å². The lowest BCUT2D eigenvalue weighted by molar-refractivity contribution is -0.139. The molecule has 2 aliphatic heterocycles. The molecule has 1 unspecified atom stereocenters. The summed E-state index contributed by atoms with van der Waals surface area (Å²) in [6.07, 6.45) is 4.73. The standard InChI is InChI=1S/C26H27N5O2/c1-19(32)26(22-10-6-3-7-11-22)12-14-30(15-13-26)25(33)23(20-8-4-2-5-9-20)31-17-21-16-28-29-24(21)27-18-31/h2-11,16,18,23H,12-15,17H2,1H3,(H,28,29). The minimum Gasteiger partial charge on any atom is -0.342 e. The van der Waals surface area contributed by atoms with Crippen LogP contribution in [0.15, 0.2) is 71.9 Å². The molecule has 1 atom stereocenters. The van der Waals surface area contributed by atoms with Crippen molar-refractivity contribution in [2.24, 2.45) is 4.99 Å². The van der Waals surface area contributed by atoms with E-state index in [9.17, 15) is 9.59 Å². The molecule has 33 heavy (non-hydrogen) atoms. The Morgan fingerprint density at radius 2 is 1.67 bits per heavy atom. The number of benzene rings is 2. The summed E-state index contributed by atoms with van der Waals surface area (Å²) >= 11 is 0. The van der Waals surface area contributed by atoms with E-state index in [1.165, 1.54) is 0 Å². The first-order valence-electron chi connectivity index (χ1n) is 11.3. The lowest BCUT2D eigenvalue weighted by Gasteiger charge is -2.43. The maximum atomic E-state index is 13.9. The molecule has 0 aliphatic carbocycles. The molecule has 7 heteroatoms. The number of Topliss-reactive ketones (excluding diaryl/α,β-unsaturated/α-hetero) is 1. The van der Waals surface area contributed by atoms with Crippen LogP contribution in [0.2, 0.25) is 0 Å². The molecule has 3 aromatic rings. The molecule has 2 aromatic carbocycles. The number of aliphatic imine (C=N–C) groups is 1. The van der Waals surface area contributed by atoms with Crippen LogP contribution in [0.1, 0.15) is 42.5 Å². The minimum atomic E-state index is -0.529. The average Bonchev–Trinajstić information content (AvgIpc) is 3.33. The topological polar surface area (TPSA) is 81.7 Å². The predicted molar refractivity (Wildman–Crippen MR) is 126 cm³/mol. The Balaban J connectivity index is 1.40. The molecule has 0 spiro atoms. The molecule has 1 amide bonds. The van der Waals surface area contributed by atoms with Crippen LogP contribution in [0.3, 0.4) is 0 Å². The van der Waals surface area contributed by atoms with Crippen molar-refractivity contribution in [3.63, 3.8) is 0 Å². The largest absolute Gasteiger partial charge is 0.342 e. The normalized spacial score (nSPS) is 18.0. The van der Waals surface area contributed by atoms with Crippen LogP contribution in [0.4, 0.5) is 5.82 Å². The van der Waals surface area contributed by atoms with Gasteiger partial charge in [-0.2, -0.15) is 5.10 Å². The van der Waals surface area contributed by atoms with Gasteiger partial charge < -0.3 is 9.80 Å². The highest BCUT2D eigenvalue weighted by atomic mass is 16.2. The van der Waals surface area contributed by atoms with E-state index in [4.69, 9.17) is 0 Å². The van der Waals surface area contributed by atoms with Crippen molar-refractivity contribution in [1.82, 2.24) is 20.0 Å². The molecule has 0 radical (unpaired) electrons. The number of nitrogens with zero attached hydrogens (tertiary/aromatic N) is 4. The van der Waals surface area contributed by atoms with Gasteiger partial charge in [0.1, 0.15) is 11.8 Å². The fraction of sp³-hybridized carbons (Fsp3) is 0.308. The third-order valence-electron chi connectivity index (χ3n) is 6.99. The van der Waals surface area contributed by atoms with Gasteiger partial charge in [-0.1, -0.05) is 60.7 Å². The highest BCUT2D eigenvalue weighted by Crippen LogP contribution is 2.38. The highest BCUT2D eigenvalue weighted by Gasteiger charge is 2.43. The average molecular weight is 442 g/mol. The molecular weight excluding hydrogens is 414 g/mol. The van der Waals surface area contributed by atoms with Crippen molar-refractivity contribution in [3.8, 4) is 0 Å². The van der Waals surface area contributed by atoms with Crippen LogP contribution in [0, 0.1) is 0 Å². The second-order valence-electron chi connectivity index (χ2n) is 8.80. The van der Waals surface area contributed by atoms with E-state index in [-0.39, 0.29) is 11.7 Å². The number of H-pyrrole nitrogens is 1. The summed E-state index contributed by atoms with van der Waals surface area (Å²) in [4.78, 5) is 35.0. The van der Waals surface area contributed by atoms with Crippen LogP contribution in [-0.4, -0.2) is 51.1 Å². The van der Waals surface area contributed by atoms with Crippen molar-refractivity contribution in [3.05, 3.63) is 83.6 Å². The van der Waals surface area contributed by atoms with Gasteiger partial charge in [-0.3, -0.25) is 14.7 Å². The zero-order valence-corrected chi connectivity index (χ0v) is 18.6. The summed E-state index contributed by atoms with van der Waals surface area (Å²) in [6, 6.07) is 19.3. The van der Waals surface area contributed by atoms with E-state index in [1.807, 2.05) is 70.5 Å². The zero-order chi connectivity index (χ0) is 22.8. The van der Waals surface area contributed by atoms with Crippen molar-refractivity contribution in [2.45, 2.75) is 37.8 Å². The quantitative estimate of drug-likeness (QED) is 0.653. The predicted octanol–water partition coefficient (Wildman–Crippen LogP) is 3.78.